The van der Waals surface area contributed by atoms with E-state index < -0.39 is 0 Å². The van der Waals surface area contributed by atoms with E-state index >= 15 is 0 Å². The lowest BCUT2D eigenvalue weighted by Crippen LogP contribution is -2.35. The van der Waals surface area contributed by atoms with Gasteiger partial charge in [-0.1, -0.05) is 29.8 Å². The average molecular weight is 342 g/mol. The second-order valence-corrected chi connectivity index (χ2v) is 6.46. The number of nitrogens with one attached hydrogen (secondary N) is 1. The minimum absolute atomic E-state index is 0.355. The summed E-state index contributed by atoms with van der Waals surface area (Å²) in [6.07, 6.45) is 5.39. The van der Waals surface area contributed by atoms with E-state index in [-0.39, 0.29) is 0 Å². The number of hydrogen-bond donors (Lipinski definition) is 1. The van der Waals surface area contributed by atoms with E-state index in [0.29, 0.717) is 17.4 Å². The molecule has 0 amide bonds. The van der Waals surface area contributed by atoms with Crippen LogP contribution in [0.1, 0.15) is 24.1 Å². The molecule has 5 nitrogen and oxygen atoms in total. The SMILES string of the molecule is N#Cc1nccnc1NCC1CCN(Cc2ccccc2Cl)CC1. The lowest BCUT2D eigenvalue weighted by Gasteiger charge is -2.32. The predicted molar refractivity (Wildman–Crippen MR) is 94.7 cm³/mol. The maximum Gasteiger partial charge on any atom is 0.182 e. The molecule has 0 aliphatic carbocycles. The van der Waals surface area contributed by atoms with Crippen molar-refractivity contribution in [2.75, 3.05) is 25.0 Å². The largest absolute Gasteiger partial charge is 0.367 e. The molecule has 0 atom stereocenters. The van der Waals surface area contributed by atoms with E-state index in [1.807, 2.05) is 18.2 Å². The number of piperidine rings is 1. The number of aromatic nitrogens is 2. The standard InChI is InChI=1S/C18H20ClN5/c19-16-4-2-1-3-15(16)13-24-9-5-14(6-10-24)12-23-18-17(11-20)21-7-8-22-18/h1-4,7-8,14H,5-6,9-10,12-13H2,(H,22,23). The van der Waals surface area contributed by atoms with E-state index in [0.717, 1.165) is 44.0 Å². The van der Waals surface area contributed by atoms with E-state index in [2.05, 4.69) is 32.3 Å². The van der Waals surface area contributed by atoms with Crippen LogP contribution in [-0.4, -0.2) is 34.5 Å². The third-order valence-electron chi connectivity index (χ3n) is 4.42. The van der Waals surface area contributed by atoms with Crippen molar-refractivity contribution < 1.29 is 0 Å². The molecule has 2 aromatic rings. The van der Waals surface area contributed by atoms with Gasteiger partial charge in [-0.15, -0.1) is 0 Å². The third-order valence-corrected chi connectivity index (χ3v) is 4.79. The van der Waals surface area contributed by atoms with Gasteiger partial charge < -0.3 is 5.32 Å². The number of nitrogens with zero attached hydrogens (tertiary/aromatic N) is 4. The van der Waals surface area contributed by atoms with E-state index in [1.54, 1.807) is 6.20 Å². The van der Waals surface area contributed by atoms with Crippen molar-refractivity contribution >= 4 is 17.4 Å². The molecular weight excluding hydrogens is 322 g/mol. The minimum atomic E-state index is 0.355. The van der Waals surface area contributed by atoms with Crippen LogP contribution in [0.25, 0.3) is 0 Å². The lowest BCUT2D eigenvalue weighted by molar-refractivity contribution is 0.182. The van der Waals surface area contributed by atoms with Gasteiger partial charge in [0.25, 0.3) is 0 Å². The van der Waals surface area contributed by atoms with Gasteiger partial charge in [-0.2, -0.15) is 5.26 Å². The van der Waals surface area contributed by atoms with Crippen molar-refractivity contribution in [2.45, 2.75) is 19.4 Å². The fourth-order valence-electron chi connectivity index (χ4n) is 3.01. The third kappa shape index (κ3) is 4.22. The number of nitriles is 1. The highest BCUT2D eigenvalue weighted by molar-refractivity contribution is 6.31. The van der Waals surface area contributed by atoms with E-state index in [4.69, 9.17) is 16.9 Å². The zero-order chi connectivity index (χ0) is 16.8. The van der Waals surface area contributed by atoms with Crippen molar-refractivity contribution in [3.05, 3.63) is 52.9 Å². The Morgan fingerprint density at radius 3 is 2.71 bits per heavy atom. The Balaban J connectivity index is 1.47. The summed E-state index contributed by atoms with van der Waals surface area (Å²) in [6, 6.07) is 10.1. The first-order chi connectivity index (χ1) is 11.8. The second kappa shape index (κ2) is 8.09. The normalized spacial score (nSPS) is 15.8. The van der Waals surface area contributed by atoms with Gasteiger partial charge >= 0.3 is 0 Å². The van der Waals surface area contributed by atoms with Gasteiger partial charge in [0.05, 0.1) is 0 Å². The molecule has 1 fully saturated rings. The fourth-order valence-corrected chi connectivity index (χ4v) is 3.20. The smallest absolute Gasteiger partial charge is 0.182 e. The van der Waals surface area contributed by atoms with Crippen LogP contribution >= 0.6 is 11.6 Å². The number of rotatable bonds is 5. The molecule has 1 N–H and O–H groups in total. The Labute approximate surface area is 147 Å². The zero-order valence-corrected chi connectivity index (χ0v) is 14.2. The number of likely N-dealkylation sites (tertiary alicyclic amines) is 1. The molecule has 1 aromatic heterocycles. The van der Waals surface area contributed by atoms with Gasteiger partial charge in [-0.3, -0.25) is 4.90 Å². The molecule has 3 rings (SSSR count). The topological polar surface area (TPSA) is 64.8 Å². The summed E-state index contributed by atoms with van der Waals surface area (Å²) in [5, 5.41) is 13.2. The molecular formula is C18H20ClN5. The van der Waals surface area contributed by atoms with Crippen molar-refractivity contribution in [2.24, 2.45) is 5.92 Å². The number of anilines is 1. The molecule has 0 saturated carbocycles. The first kappa shape index (κ1) is 16.7. The molecule has 1 aromatic carbocycles. The van der Waals surface area contributed by atoms with Crippen LogP contribution in [-0.2, 0) is 6.54 Å². The molecule has 1 saturated heterocycles. The van der Waals surface area contributed by atoms with Gasteiger partial charge in [0.15, 0.2) is 11.5 Å². The Bertz CT molecular complexity index is 719. The van der Waals surface area contributed by atoms with Crippen molar-refractivity contribution in [3.8, 4) is 6.07 Å². The molecule has 0 bridgehead atoms. The molecule has 24 heavy (non-hydrogen) atoms. The number of halogens is 1. The van der Waals surface area contributed by atoms with Gasteiger partial charge in [-0.25, -0.2) is 9.97 Å². The lowest BCUT2D eigenvalue weighted by atomic mass is 9.96. The van der Waals surface area contributed by atoms with E-state index in [1.165, 1.54) is 11.8 Å². The van der Waals surface area contributed by atoms with Gasteiger partial charge in [-0.05, 0) is 43.5 Å². The average Bonchev–Trinajstić information content (AvgIpc) is 2.63. The summed E-state index contributed by atoms with van der Waals surface area (Å²) in [7, 11) is 0. The van der Waals surface area contributed by atoms with Gasteiger partial charge in [0.2, 0.25) is 0 Å². The first-order valence-electron chi connectivity index (χ1n) is 8.17. The van der Waals surface area contributed by atoms with E-state index in [9.17, 15) is 0 Å². The zero-order valence-electron chi connectivity index (χ0n) is 13.5. The molecule has 0 spiro atoms. The molecule has 6 heteroatoms. The Kier molecular flexibility index (Phi) is 5.63. The fraction of sp³-hybridized carbons (Fsp3) is 0.389. The Morgan fingerprint density at radius 1 is 1.21 bits per heavy atom. The van der Waals surface area contributed by atoms with Gasteiger partial charge in [0.1, 0.15) is 6.07 Å². The van der Waals surface area contributed by atoms with Crippen LogP contribution in [0.5, 0.6) is 0 Å². The molecule has 0 unspecified atom stereocenters. The van der Waals surface area contributed by atoms with Crippen molar-refractivity contribution in [1.29, 1.82) is 5.26 Å². The van der Waals surface area contributed by atoms with Crippen LogP contribution in [0.2, 0.25) is 5.02 Å². The number of hydrogen-bond acceptors (Lipinski definition) is 5. The first-order valence-corrected chi connectivity index (χ1v) is 8.55. The quantitative estimate of drug-likeness (QED) is 0.903. The molecule has 124 valence electrons. The molecule has 1 aliphatic heterocycles. The highest BCUT2D eigenvalue weighted by Crippen LogP contribution is 2.22. The Hall–Kier alpha value is -2.16. The van der Waals surface area contributed by atoms with Crippen LogP contribution < -0.4 is 5.32 Å². The van der Waals surface area contributed by atoms with Crippen molar-refractivity contribution in [1.82, 2.24) is 14.9 Å². The monoisotopic (exact) mass is 341 g/mol. The minimum Gasteiger partial charge on any atom is -0.367 e. The second-order valence-electron chi connectivity index (χ2n) is 6.06. The molecule has 0 radical (unpaired) electrons. The summed E-state index contributed by atoms with van der Waals surface area (Å²) >= 11 is 6.24. The van der Waals surface area contributed by atoms with Gasteiger partial charge in [0, 0.05) is 30.5 Å². The van der Waals surface area contributed by atoms with Crippen LogP contribution in [0, 0.1) is 17.2 Å². The Morgan fingerprint density at radius 2 is 1.96 bits per heavy atom. The number of benzene rings is 1. The predicted octanol–water partition coefficient (Wildman–Crippen LogP) is 3.33. The summed E-state index contributed by atoms with van der Waals surface area (Å²) in [6.45, 7) is 3.85. The molecule has 1 aliphatic rings. The summed E-state index contributed by atoms with van der Waals surface area (Å²) in [4.78, 5) is 10.7. The van der Waals surface area contributed by atoms with Crippen LogP contribution in [0.4, 0.5) is 5.82 Å². The highest BCUT2D eigenvalue weighted by Gasteiger charge is 2.20. The maximum absolute atomic E-state index is 9.04. The highest BCUT2D eigenvalue weighted by atomic mass is 35.5. The maximum atomic E-state index is 9.04. The molecule has 2 heterocycles. The summed E-state index contributed by atoms with van der Waals surface area (Å²) in [5.41, 5.74) is 1.54. The summed E-state index contributed by atoms with van der Waals surface area (Å²) in [5.74, 6) is 1.17. The van der Waals surface area contributed by atoms with Crippen LogP contribution in [0.3, 0.4) is 0 Å². The van der Waals surface area contributed by atoms with Crippen molar-refractivity contribution in [3.63, 3.8) is 0 Å². The summed E-state index contributed by atoms with van der Waals surface area (Å²) < 4.78 is 0. The van der Waals surface area contributed by atoms with Crippen LogP contribution in [0.15, 0.2) is 36.7 Å².